The molecule has 0 fully saturated rings. The molecule has 1 aromatic carbocycles. The molecule has 0 atom stereocenters. The van der Waals surface area contributed by atoms with Crippen molar-refractivity contribution in [1.29, 1.82) is 0 Å². The van der Waals surface area contributed by atoms with E-state index in [2.05, 4.69) is 25.2 Å². The molecule has 1 aliphatic heterocycles. The number of benzene rings is 1. The molecule has 3 heteroatoms. The van der Waals surface area contributed by atoms with E-state index in [1.807, 2.05) is 23.1 Å². The van der Waals surface area contributed by atoms with Gasteiger partial charge in [0.05, 0.1) is 0 Å². The smallest absolute Gasteiger partial charge is 0.321 e. The van der Waals surface area contributed by atoms with E-state index in [0.29, 0.717) is 5.92 Å². The van der Waals surface area contributed by atoms with E-state index in [-0.39, 0.29) is 6.03 Å². The summed E-state index contributed by atoms with van der Waals surface area (Å²) in [6.07, 6.45) is 3.15. The maximum atomic E-state index is 12.2. The van der Waals surface area contributed by atoms with Crippen molar-refractivity contribution < 1.29 is 4.79 Å². The van der Waals surface area contributed by atoms with Gasteiger partial charge in [-0.15, -0.1) is 0 Å². The minimum atomic E-state index is 0.0443. The zero-order valence-corrected chi connectivity index (χ0v) is 11.3. The summed E-state index contributed by atoms with van der Waals surface area (Å²) < 4.78 is 0. The van der Waals surface area contributed by atoms with Crippen molar-refractivity contribution in [3.63, 3.8) is 0 Å². The molecule has 0 saturated heterocycles. The summed E-state index contributed by atoms with van der Waals surface area (Å²) in [6.45, 7) is 5.92. The SMILES string of the molecule is CC(C)CCNC(=O)N1CCCc2ccccc21. The first kappa shape index (κ1) is 12.9. The Balaban J connectivity index is 1.99. The van der Waals surface area contributed by atoms with Crippen LogP contribution in [-0.4, -0.2) is 19.1 Å². The molecule has 1 heterocycles. The number of carbonyl (C=O) groups excluding carboxylic acids is 1. The summed E-state index contributed by atoms with van der Waals surface area (Å²) >= 11 is 0. The zero-order chi connectivity index (χ0) is 13.0. The third-order valence-corrected chi connectivity index (χ3v) is 3.35. The van der Waals surface area contributed by atoms with Crippen LogP contribution >= 0.6 is 0 Å². The molecule has 0 saturated carbocycles. The van der Waals surface area contributed by atoms with Crippen LogP contribution in [0.3, 0.4) is 0 Å². The zero-order valence-electron chi connectivity index (χ0n) is 11.3. The third kappa shape index (κ3) is 3.03. The normalized spacial score (nSPS) is 14.5. The van der Waals surface area contributed by atoms with Gasteiger partial charge in [0, 0.05) is 18.8 Å². The topological polar surface area (TPSA) is 32.3 Å². The lowest BCUT2D eigenvalue weighted by Crippen LogP contribution is -2.43. The molecule has 1 aliphatic rings. The maximum Gasteiger partial charge on any atom is 0.321 e. The molecule has 2 amide bonds. The summed E-state index contributed by atoms with van der Waals surface area (Å²) in [5, 5.41) is 3.01. The van der Waals surface area contributed by atoms with Crippen LogP contribution in [0.5, 0.6) is 0 Å². The number of carbonyl (C=O) groups is 1. The number of hydrogen-bond donors (Lipinski definition) is 1. The number of urea groups is 1. The Kier molecular flexibility index (Phi) is 4.24. The van der Waals surface area contributed by atoms with Crippen LogP contribution in [0.1, 0.15) is 32.3 Å². The molecule has 0 unspecified atom stereocenters. The average Bonchev–Trinajstić information content (AvgIpc) is 2.37. The second-order valence-corrected chi connectivity index (χ2v) is 5.30. The Labute approximate surface area is 109 Å². The molecule has 0 radical (unpaired) electrons. The van der Waals surface area contributed by atoms with Crippen LogP contribution < -0.4 is 10.2 Å². The number of fused-ring (bicyclic) bond motifs is 1. The van der Waals surface area contributed by atoms with Gasteiger partial charge in [0.15, 0.2) is 0 Å². The fourth-order valence-electron chi connectivity index (χ4n) is 2.31. The summed E-state index contributed by atoms with van der Waals surface area (Å²) in [5.74, 6) is 0.624. The van der Waals surface area contributed by atoms with Gasteiger partial charge in [-0.2, -0.15) is 0 Å². The Morgan fingerprint density at radius 2 is 2.17 bits per heavy atom. The number of amides is 2. The van der Waals surface area contributed by atoms with Gasteiger partial charge in [0.25, 0.3) is 0 Å². The van der Waals surface area contributed by atoms with Gasteiger partial charge in [0.2, 0.25) is 0 Å². The molecule has 98 valence electrons. The van der Waals surface area contributed by atoms with Crippen LogP contribution in [0.25, 0.3) is 0 Å². The van der Waals surface area contributed by atoms with Crippen molar-refractivity contribution in [2.24, 2.45) is 5.92 Å². The Morgan fingerprint density at radius 1 is 1.39 bits per heavy atom. The van der Waals surface area contributed by atoms with E-state index < -0.39 is 0 Å². The standard InChI is InChI=1S/C15H22N2O/c1-12(2)9-10-16-15(18)17-11-5-7-13-6-3-4-8-14(13)17/h3-4,6,8,12H,5,7,9-11H2,1-2H3,(H,16,18). The third-order valence-electron chi connectivity index (χ3n) is 3.35. The largest absolute Gasteiger partial charge is 0.338 e. The molecule has 18 heavy (non-hydrogen) atoms. The van der Waals surface area contributed by atoms with Crippen LogP contribution in [0, 0.1) is 5.92 Å². The van der Waals surface area contributed by atoms with Crippen LogP contribution in [-0.2, 0) is 6.42 Å². The van der Waals surface area contributed by atoms with Gasteiger partial charge >= 0.3 is 6.03 Å². The molecule has 2 rings (SSSR count). The van der Waals surface area contributed by atoms with Crippen LogP contribution in [0.15, 0.2) is 24.3 Å². The van der Waals surface area contributed by atoms with Crippen molar-refractivity contribution in [2.45, 2.75) is 33.1 Å². The van der Waals surface area contributed by atoms with E-state index in [9.17, 15) is 4.79 Å². The molecular weight excluding hydrogens is 224 g/mol. The second-order valence-electron chi connectivity index (χ2n) is 5.30. The highest BCUT2D eigenvalue weighted by Gasteiger charge is 2.21. The van der Waals surface area contributed by atoms with Gasteiger partial charge < -0.3 is 5.32 Å². The minimum absolute atomic E-state index is 0.0443. The fraction of sp³-hybridized carbons (Fsp3) is 0.533. The van der Waals surface area contributed by atoms with E-state index in [1.165, 1.54) is 5.56 Å². The quantitative estimate of drug-likeness (QED) is 0.872. The van der Waals surface area contributed by atoms with Gasteiger partial charge in [-0.3, -0.25) is 4.90 Å². The predicted octanol–water partition coefficient (Wildman–Crippen LogP) is 3.19. The number of para-hydroxylation sites is 1. The van der Waals surface area contributed by atoms with Gasteiger partial charge in [-0.25, -0.2) is 4.79 Å². The number of nitrogens with one attached hydrogen (secondary N) is 1. The first-order valence-electron chi connectivity index (χ1n) is 6.81. The lowest BCUT2D eigenvalue weighted by atomic mass is 10.0. The maximum absolute atomic E-state index is 12.2. The second kappa shape index (κ2) is 5.89. The van der Waals surface area contributed by atoms with Gasteiger partial charge in [-0.1, -0.05) is 32.0 Å². The number of nitrogens with zero attached hydrogens (tertiary/aromatic N) is 1. The summed E-state index contributed by atoms with van der Waals surface area (Å²) in [6, 6.07) is 8.24. The minimum Gasteiger partial charge on any atom is -0.338 e. The average molecular weight is 246 g/mol. The first-order chi connectivity index (χ1) is 8.68. The van der Waals surface area contributed by atoms with Crippen molar-refractivity contribution in [2.75, 3.05) is 18.0 Å². The lowest BCUT2D eigenvalue weighted by molar-refractivity contribution is 0.245. The van der Waals surface area contributed by atoms with E-state index in [4.69, 9.17) is 0 Å². The number of anilines is 1. The van der Waals surface area contributed by atoms with Gasteiger partial charge in [0.1, 0.15) is 0 Å². The Morgan fingerprint density at radius 3 is 2.94 bits per heavy atom. The van der Waals surface area contributed by atoms with Crippen molar-refractivity contribution in [3.8, 4) is 0 Å². The van der Waals surface area contributed by atoms with Crippen LogP contribution in [0.4, 0.5) is 10.5 Å². The highest BCUT2D eigenvalue weighted by Crippen LogP contribution is 2.26. The van der Waals surface area contributed by atoms with Crippen LogP contribution in [0.2, 0.25) is 0 Å². The molecule has 3 nitrogen and oxygen atoms in total. The number of aryl methyl sites for hydroxylation is 1. The monoisotopic (exact) mass is 246 g/mol. The lowest BCUT2D eigenvalue weighted by Gasteiger charge is -2.29. The summed E-state index contributed by atoms with van der Waals surface area (Å²) in [4.78, 5) is 14.0. The van der Waals surface area contributed by atoms with E-state index >= 15 is 0 Å². The molecule has 1 N–H and O–H groups in total. The Bertz CT molecular complexity index is 415. The highest BCUT2D eigenvalue weighted by atomic mass is 16.2. The highest BCUT2D eigenvalue weighted by molar-refractivity contribution is 5.93. The summed E-state index contributed by atoms with van der Waals surface area (Å²) in [5.41, 5.74) is 2.36. The molecule has 0 bridgehead atoms. The predicted molar refractivity (Wildman–Crippen MR) is 75.0 cm³/mol. The Hall–Kier alpha value is -1.51. The van der Waals surface area contributed by atoms with Crippen molar-refractivity contribution in [3.05, 3.63) is 29.8 Å². The molecule has 1 aromatic rings. The van der Waals surface area contributed by atoms with E-state index in [1.54, 1.807) is 0 Å². The van der Waals surface area contributed by atoms with Crippen molar-refractivity contribution in [1.82, 2.24) is 5.32 Å². The molecule has 0 aliphatic carbocycles. The van der Waals surface area contributed by atoms with Crippen molar-refractivity contribution >= 4 is 11.7 Å². The first-order valence-corrected chi connectivity index (χ1v) is 6.81. The van der Waals surface area contributed by atoms with Gasteiger partial charge in [-0.05, 0) is 36.8 Å². The van der Waals surface area contributed by atoms with E-state index in [0.717, 1.165) is 38.0 Å². The summed E-state index contributed by atoms with van der Waals surface area (Å²) in [7, 11) is 0. The fourth-order valence-corrected chi connectivity index (χ4v) is 2.31. The molecule has 0 spiro atoms. The molecular formula is C15H22N2O. The number of hydrogen-bond acceptors (Lipinski definition) is 1. The molecule has 0 aromatic heterocycles. The number of rotatable bonds is 3.